The maximum Gasteiger partial charge on any atom is 0.241 e. The first-order valence-electron chi connectivity index (χ1n) is 7.05. The lowest BCUT2D eigenvalue weighted by molar-refractivity contribution is 0.126. The number of hydrogen-bond acceptors (Lipinski definition) is 7. The number of methoxy groups -OCH3 is 1. The Bertz CT molecular complexity index is 726. The lowest BCUT2D eigenvalue weighted by Gasteiger charge is -2.18. The SMILES string of the molecule is COCCN(Cc1ccco1)Cc1nc(-c2cc(Br)cs2)no1. The van der Waals surface area contributed by atoms with Crippen molar-refractivity contribution in [3.05, 3.63) is 46.0 Å². The molecule has 0 N–H and O–H groups in total. The van der Waals surface area contributed by atoms with E-state index in [0.717, 1.165) is 21.7 Å². The van der Waals surface area contributed by atoms with Gasteiger partial charge in [-0.05, 0) is 34.1 Å². The van der Waals surface area contributed by atoms with Crippen molar-refractivity contribution in [2.45, 2.75) is 13.1 Å². The van der Waals surface area contributed by atoms with E-state index in [1.54, 1.807) is 24.7 Å². The molecule has 0 aliphatic heterocycles. The van der Waals surface area contributed by atoms with Crippen LogP contribution in [-0.4, -0.2) is 35.3 Å². The standard InChI is InChI=1S/C15H16BrN3O3S/c1-20-6-4-19(8-12-3-2-5-21-12)9-14-17-15(18-22-14)13-7-11(16)10-23-13/h2-3,5,7,10H,4,6,8-9H2,1H3. The molecule has 3 aromatic heterocycles. The highest BCUT2D eigenvalue weighted by atomic mass is 79.9. The molecular formula is C15H16BrN3O3S. The first kappa shape index (κ1) is 16.4. The van der Waals surface area contributed by atoms with Crippen LogP contribution in [0, 0.1) is 0 Å². The van der Waals surface area contributed by atoms with Crippen LogP contribution in [0.4, 0.5) is 0 Å². The predicted molar refractivity (Wildman–Crippen MR) is 90.0 cm³/mol. The Hall–Kier alpha value is -1.48. The monoisotopic (exact) mass is 397 g/mol. The Labute approximate surface area is 146 Å². The summed E-state index contributed by atoms with van der Waals surface area (Å²) in [6.07, 6.45) is 1.67. The predicted octanol–water partition coefficient (Wildman–Crippen LogP) is 3.80. The van der Waals surface area contributed by atoms with Crippen molar-refractivity contribution in [2.24, 2.45) is 0 Å². The number of halogens is 1. The quantitative estimate of drug-likeness (QED) is 0.575. The molecule has 3 rings (SSSR count). The van der Waals surface area contributed by atoms with E-state index in [0.29, 0.717) is 31.4 Å². The minimum Gasteiger partial charge on any atom is -0.468 e. The molecule has 23 heavy (non-hydrogen) atoms. The van der Waals surface area contributed by atoms with Gasteiger partial charge in [0, 0.05) is 23.5 Å². The van der Waals surface area contributed by atoms with Crippen LogP contribution in [-0.2, 0) is 17.8 Å². The minimum atomic E-state index is 0.545. The van der Waals surface area contributed by atoms with Crippen molar-refractivity contribution in [2.75, 3.05) is 20.3 Å². The molecule has 0 amide bonds. The summed E-state index contributed by atoms with van der Waals surface area (Å²) in [7, 11) is 1.69. The van der Waals surface area contributed by atoms with Crippen molar-refractivity contribution in [1.29, 1.82) is 0 Å². The molecule has 8 heteroatoms. The molecule has 122 valence electrons. The molecule has 0 saturated carbocycles. The molecule has 0 fully saturated rings. The third-order valence-corrected chi connectivity index (χ3v) is 4.87. The highest BCUT2D eigenvalue weighted by Gasteiger charge is 2.15. The summed E-state index contributed by atoms with van der Waals surface area (Å²) in [6.45, 7) is 2.58. The van der Waals surface area contributed by atoms with E-state index >= 15 is 0 Å². The number of thiophene rings is 1. The van der Waals surface area contributed by atoms with Crippen molar-refractivity contribution < 1.29 is 13.7 Å². The molecule has 0 atom stereocenters. The number of aromatic nitrogens is 2. The van der Waals surface area contributed by atoms with Crippen LogP contribution in [0.25, 0.3) is 10.7 Å². The number of ether oxygens (including phenoxy) is 1. The highest BCUT2D eigenvalue weighted by molar-refractivity contribution is 9.10. The summed E-state index contributed by atoms with van der Waals surface area (Å²) in [5.74, 6) is 2.08. The number of rotatable bonds is 8. The Morgan fingerprint density at radius 3 is 3.00 bits per heavy atom. The van der Waals surface area contributed by atoms with E-state index in [1.807, 2.05) is 23.6 Å². The first-order chi connectivity index (χ1) is 11.2. The average Bonchev–Trinajstić information content (AvgIpc) is 3.26. The van der Waals surface area contributed by atoms with Crippen LogP contribution >= 0.6 is 27.3 Å². The normalized spacial score (nSPS) is 11.4. The van der Waals surface area contributed by atoms with Crippen LogP contribution in [0.3, 0.4) is 0 Å². The van der Waals surface area contributed by atoms with Gasteiger partial charge in [0.05, 0.1) is 30.8 Å². The van der Waals surface area contributed by atoms with Gasteiger partial charge in [-0.3, -0.25) is 4.90 Å². The molecule has 0 aliphatic rings. The second-order valence-electron chi connectivity index (χ2n) is 4.92. The van der Waals surface area contributed by atoms with Gasteiger partial charge in [0.25, 0.3) is 0 Å². The van der Waals surface area contributed by atoms with Crippen LogP contribution < -0.4 is 0 Å². The average molecular weight is 398 g/mol. The summed E-state index contributed by atoms with van der Waals surface area (Å²) in [6, 6.07) is 5.80. The molecule has 0 bridgehead atoms. The van der Waals surface area contributed by atoms with Crippen LogP contribution in [0.15, 0.2) is 43.3 Å². The minimum absolute atomic E-state index is 0.545. The fourth-order valence-electron chi connectivity index (χ4n) is 2.10. The van der Waals surface area contributed by atoms with Crippen molar-refractivity contribution in [1.82, 2.24) is 15.0 Å². The summed E-state index contributed by atoms with van der Waals surface area (Å²) >= 11 is 5.00. The topological polar surface area (TPSA) is 64.5 Å². The molecule has 3 heterocycles. The van der Waals surface area contributed by atoms with Gasteiger partial charge in [-0.1, -0.05) is 5.16 Å². The lowest BCUT2D eigenvalue weighted by atomic mass is 10.3. The van der Waals surface area contributed by atoms with Gasteiger partial charge < -0.3 is 13.7 Å². The molecule has 0 unspecified atom stereocenters. The van der Waals surface area contributed by atoms with Crippen molar-refractivity contribution in [3.8, 4) is 10.7 Å². The van der Waals surface area contributed by atoms with Crippen LogP contribution in [0.2, 0.25) is 0 Å². The van der Waals surface area contributed by atoms with Gasteiger partial charge in [-0.25, -0.2) is 0 Å². The molecule has 0 saturated heterocycles. The summed E-state index contributed by atoms with van der Waals surface area (Å²) in [5, 5.41) is 6.05. The molecule has 0 spiro atoms. The van der Waals surface area contributed by atoms with Gasteiger partial charge in [0.2, 0.25) is 11.7 Å². The zero-order chi connectivity index (χ0) is 16.1. The first-order valence-corrected chi connectivity index (χ1v) is 8.72. The van der Waals surface area contributed by atoms with E-state index in [-0.39, 0.29) is 0 Å². The lowest BCUT2D eigenvalue weighted by Crippen LogP contribution is -2.26. The van der Waals surface area contributed by atoms with Crippen molar-refractivity contribution >= 4 is 27.3 Å². The second-order valence-corrected chi connectivity index (χ2v) is 6.75. The Morgan fingerprint density at radius 1 is 1.39 bits per heavy atom. The molecule has 6 nitrogen and oxygen atoms in total. The maximum atomic E-state index is 5.41. The van der Waals surface area contributed by atoms with Crippen LogP contribution in [0.1, 0.15) is 11.7 Å². The number of hydrogen-bond donors (Lipinski definition) is 0. The largest absolute Gasteiger partial charge is 0.468 e. The van der Waals surface area contributed by atoms with E-state index in [9.17, 15) is 0 Å². The Morgan fingerprint density at radius 2 is 2.30 bits per heavy atom. The van der Waals surface area contributed by atoms with Crippen molar-refractivity contribution in [3.63, 3.8) is 0 Å². The van der Waals surface area contributed by atoms with E-state index < -0.39 is 0 Å². The van der Waals surface area contributed by atoms with E-state index in [2.05, 4.69) is 31.0 Å². The Kier molecular flexibility index (Phi) is 5.60. The number of furan rings is 1. The molecular weight excluding hydrogens is 382 g/mol. The van der Waals surface area contributed by atoms with Gasteiger partial charge >= 0.3 is 0 Å². The summed E-state index contributed by atoms with van der Waals surface area (Å²) in [5.41, 5.74) is 0. The molecule has 0 aromatic carbocycles. The zero-order valence-electron chi connectivity index (χ0n) is 12.6. The summed E-state index contributed by atoms with van der Waals surface area (Å²) < 4.78 is 17.0. The van der Waals surface area contributed by atoms with Crippen LogP contribution in [0.5, 0.6) is 0 Å². The van der Waals surface area contributed by atoms with Gasteiger partial charge in [-0.2, -0.15) is 4.98 Å². The van der Waals surface area contributed by atoms with Gasteiger partial charge in [0.1, 0.15) is 5.76 Å². The highest BCUT2D eigenvalue weighted by Crippen LogP contribution is 2.27. The number of nitrogens with zero attached hydrogens (tertiary/aromatic N) is 3. The fraction of sp³-hybridized carbons (Fsp3) is 0.333. The third-order valence-electron chi connectivity index (χ3n) is 3.19. The molecule has 0 radical (unpaired) electrons. The van der Waals surface area contributed by atoms with Gasteiger partial charge in [0.15, 0.2) is 0 Å². The maximum absolute atomic E-state index is 5.41. The Balaban J connectivity index is 1.68. The fourth-order valence-corrected chi connectivity index (χ4v) is 3.45. The molecule has 0 aliphatic carbocycles. The molecule has 3 aromatic rings. The van der Waals surface area contributed by atoms with E-state index in [1.165, 1.54) is 0 Å². The van der Waals surface area contributed by atoms with E-state index in [4.69, 9.17) is 13.7 Å². The van der Waals surface area contributed by atoms with Gasteiger partial charge in [-0.15, -0.1) is 11.3 Å². The zero-order valence-corrected chi connectivity index (χ0v) is 15.0. The smallest absolute Gasteiger partial charge is 0.241 e. The third kappa shape index (κ3) is 4.51. The second kappa shape index (κ2) is 7.87. The summed E-state index contributed by atoms with van der Waals surface area (Å²) in [4.78, 5) is 7.59.